The Kier molecular flexibility index (Phi) is 3.16. The molecule has 2 heterocycles. The molecule has 0 amide bonds. The summed E-state index contributed by atoms with van der Waals surface area (Å²) >= 11 is 3.39. The molecule has 1 atom stereocenters. The third kappa shape index (κ3) is 2.09. The molecule has 4 nitrogen and oxygen atoms in total. The SMILES string of the molecule is Cn1cc(C(CN)c2ncc(Br)[nH]2)c2ccccc21. The number of nitrogens with zero attached hydrogens (tertiary/aromatic N) is 2. The standard InChI is InChI=1S/C14H15BrN4/c1-19-8-11(9-4-2-3-5-12(9)19)10(6-16)14-17-7-13(15)18-14/h2-5,7-8,10H,6,16H2,1H3,(H,17,18). The Labute approximate surface area is 119 Å². The molecule has 0 aliphatic carbocycles. The summed E-state index contributed by atoms with van der Waals surface area (Å²) in [6, 6.07) is 8.35. The summed E-state index contributed by atoms with van der Waals surface area (Å²) in [5.74, 6) is 0.975. The van der Waals surface area contributed by atoms with E-state index >= 15 is 0 Å². The van der Waals surface area contributed by atoms with Crippen LogP contribution >= 0.6 is 15.9 Å². The van der Waals surface area contributed by atoms with Crippen molar-refractivity contribution in [2.75, 3.05) is 6.54 Å². The molecular formula is C14H15BrN4. The van der Waals surface area contributed by atoms with Gasteiger partial charge in [-0.15, -0.1) is 0 Å². The minimum absolute atomic E-state index is 0.0809. The number of aryl methyl sites for hydroxylation is 1. The second-order valence-electron chi connectivity index (χ2n) is 4.62. The van der Waals surface area contributed by atoms with E-state index in [4.69, 9.17) is 5.73 Å². The smallest absolute Gasteiger partial charge is 0.115 e. The summed E-state index contributed by atoms with van der Waals surface area (Å²) in [5.41, 5.74) is 8.38. The lowest BCUT2D eigenvalue weighted by Gasteiger charge is -2.11. The fraction of sp³-hybridized carbons (Fsp3) is 0.214. The molecule has 3 N–H and O–H groups in total. The lowest BCUT2D eigenvalue weighted by molar-refractivity contribution is 0.764. The van der Waals surface area contributed by atoms with Crippen LogP contribution in [0.5, 0.6) is 0 Å². The van der Waals surface area contributed by atoms with E-state index in [1.165, 1.54) is 16.5 Å². The lowest BCUT2D eigenvalue weighted by Crippen LogP contribution is -2.15. The fourth-order valence-corrected chi connectivity index (χ4v) is 2.83. The number of rotatable bonds is 3. The van der Waals surface area contributed by atoms with E-state index in [1.54, 1.807) is 6.20 Å². The summed E-state index contributed by atoms with van der Waals surface area (Å²) in [5, 5.41) is 1.23. The van der Waals surface area contributed by atoms with Crippen LogP contribution in [0.3, 0.4) is 0 Å². The molecule has 0 saturated heterocycles. The van der Waals surface area contributed by atoms with Crippen LogP contribution in [0.4, 0.5) is 0 Å². The molecular weight excluding hydrogens is 304 g/mol. The molecule has 0 saturated carbocycles. The van der Waals surface area contributed by atoms with E-state index in [-0.39, 0.29) is 5.92 Å². The molecule has 1 aromatic carbocycles. The van der Waals surface area contributed by atoms with Gasteiger partial charge in [-0.2, -0.15) is 0 Å². The highest BCUT2D eigenvalue weighted by Crippen LogP contribution is 2.30. The van der Waals surface area contributed by atoms with Crippen molar-refractivity contribution in [3.05, 3.63) is 52.7 Å². The highest BCUT2D eigenvalue weighted by atomic mass is 79.9. The van der Waals surface area contributed by atoms with Gasteiger partial charge in [-0.25, -0.2) is 4.98 Å². The van der Waals surface area contributed by atoms with Crippen LogP contribution < -0.4 is 5.73 Å². The van der Waals surface area contributed by atoms with Gasteiger partial charge in [0.1, 0.15) is 10.4 Å². The van der Waals surface area contributed by atoms with E-state index in [0.717, 1.165) is 10.4 Å². The predicted molar refractivity (Wildman–Crippen MR) is 80.1 cm³/mol. The zero-order valence-electron chi connectivity index (χ0n) is 10.6. The number of aromatic amines is 1. The van der Waals surface area contributed by atoms with E-state index in [1.807, 2.05) is 6.07 Å². The molecule has 0 spiro atoms. The summed E-state index contributed by atoms with van der Waals surface area (Å²) in [6.45, 7) is 0.522. The van der Waals surface area contributed by atoms with Crippen molar-refractivity contribution in [3.8, 4) is 0 Å². The van der Waals surface area contributed by atoms with Crippen molar-refractivity contribution in [1.82, 2.24) is 14.5 Å². The maximum atomic E-state index is 5.96. The number of benzene rings is 1. The molecule has 0 fully saturated rings. The second-order valence-corrected chi connectivity index (χ2v) is 5.47. The summed E-state index contributed by atoms with van der Waals surface area (Å²) in [6.07, 6.45) is 3.90. The summed E-state index contributed by atoms with van der Waals surface area (Å²) in [7, 11) is 2.05. The maximum absolute atomic E-state index is 5.96. The Bertz CT molecular complexity index is 713. The van der Waals surface area contributed by atoms with Gasteiger partial charge in [0.05, 0.1) is 12.1 Å². The van der Waals surface area contributed by atoms with Crippen LogP contribution in [0.2, 0.25) is 0 Å². The Morgan fingerprint density at radius 1 is 1.42 bits per heavy atom. The average Bonchev–Trinajstić information content (AvgIpc) is 2.97. The molecule has 3 aromatic rings. The normalized spacial score (nSPS) is 13.0. The van der Waals surface area contributed by atoms with E-state index in [2.05, 4.69) is 61.9 Å². The number of fused-ring (bicyclic) bond motifs is 1. The fourth-order valence-electron chi connectivity index (χ4n) is 2.53. The Balaban J connectivity index is 2.16. The van der Waals surface area contributed by atoms with Crippen molar-refractivity contribution in [2.24, 2.45) is 12.8 Å². The Morgan fingerprint density at radius 3 is 2.89 bits per heavy atom. The average molecular weight is 319 g/mol. The van der Waals surface area contributed by atoms with Crippen LogP contribution in [0, 0.1) is 0 Å². The molecule has 0 aliphatic rings. The van der Waals surface area contributed by atoms with Gasteiger partial charge in [0.2, 0.25) is 0 Å². The first kappa shape index (κ1) is 12.4. The van der Waals surface area contributed by atoms with Crippen molar-refractivity contribution in [2.45, 2.75) is 5.92 Å². The molecule has 0 aliphatic heterocycles. The van der Waals surface area contributed by atoms with Gasteiger partial charge in [0.15, 0.2) is 0 Å². The molecule has 19 heavy (non-hydrogen) atoms. The first-order chi connectivity index (χ1) is 9.20. The molecule has 5 heteroatoms. The highest BCUT2D eigenvalue weighted by Gasteiger charge is 2.20. The van der Waals surface area contributed by atoms with Crippen LogP contribution in [-0.4, -0.2) is 21.1 Å². The van der Waals surface area contributed by atoms with E-state index in [0.29, 0.717) is 6.54 Å². The van der Waals surface area contributed by atoms with E-state index < -0.39 is 0 Å². The zero-order chi connectivity index (χ0) is 13.4. The number of para-hydroxylation sites is 1. The number of imidazole rings is 1. The minimum atomic E-state index is 0.0809. The highest BCUT2D eigenvalue weighted by molar-refractivity contribution is 9.10. The Morgan fingerprint density at radius 2 is 2.21 bits per heavy atom. The van der Waals surface area contributed by atoms with Gasteiger partial charge in [-0.1, -0.05) is 18.2 Å². The molecule has 3 rings (SSSR count). The van der Waals surface area contributed by atoms with Gasteiger partial charge in [0.25, 0.3) is 0 Å². The van der Waals surface area contributed by atoms with Gasteiger partial charge in [-0.3, -0.25) is 0 Å². The number of H-pyrrole nitrogens is 1. The molecule has 98 valence electrons. The predicted octanol–water partition coefficient (Wildman–Crippen LogP) is 2.75. The zero-order valence-corrected chi connectivity index (χ0v) is 12.2. The van der Waals surface area contributed by atoms with Crippen molar-refractivity contribution in [1.29, 1.82) is 0 Å². The first-order valence-electron chi connectivity index (χ1n) is 6.15. The Hall–Kier alpha value is -1.59. The number of hydrogen-bond acceptors (Lipinski definition) is 2. The summed E-state index contributed by atoms with van der Waals surface area (Å²) in [4.78, 5) is 7.60. The number of nitrogens with one attached hydrogen (secondary N) is 1. The summed E-state index contributed by atoms with van der Waals surface area (Å²) < 4.78 is 3.01. The number of hydrogen-bond donors (Lipinski definition) is 2. The molecule has 0 radical (unpaired) electrons. The first-order valence-corrected chi connectivity index (χ1v) is 6.94. The molecule has 1 unspecified atom stereocenters. The van der Waals surface area contributed by atoms with Gasteiger partial charge >= 0.3 is 0 Å². The molecule has 2 aromatic heterocycles. The minimum Gasteiger partial charge on any atom is -0.350 e. The number of aromatic nitrogens is 3. The topological polar surface area (TPSA) is 59.6 Å². The van der Waals surface area contributed by atoms with Gasteiger partial charge < -0.3 is 15.3 Å². The van der Waals surface area contributed by atoms with Gasteiger partial charge in [-0.05, 0) is 27.6 Å². The number of halogens is 1. The lowest BCUT2D eigenvalue weighted by atomic mass is 9.98. The second kappa shape index (κ2) is 4.83. The quantitative estimate of drug-likeness (QED) is 0.780. The van der Waals surface area contributed by atoms with Crippen molar-refractivity contribution in [3.63, 3.8) is 0 Å². The van der Waals surface area contributed by atoms with Crippen LogP contribution in [0.25, 0.3) is 10.9 Å². The monoisotopic (exact) mass is 318 g/mol. The van der Waals surface area contributed by atoms with Crippen LogP contribution in [-0.2, 0) is 7.05 Å². The van der Waals surface area contributed by atoms with Crippen LogP contribution in [0.15, 0.2) is 41.3 Å². The third-order valence-corrected chi connectivity index (χ3v) is 3.84. The van der Waals surface area contributed by atoms with E-state index in [9.17, 15) is 0 Å². The molecule has 0 bridgehead atoms. The van der Waals surface area contributed by atoms with Crippen molar-refractivity contribution >= 4 is 26.8 Å². The van der Waals surface area contributed by atoms with Crippen molar-refractivity contribution < 1.29 is 0 Å². The maximum Gasteiger partial charge on any atom is 0.115 e. The van der Waals surface area contributed by atoms with Gasteiger partial charge in [0, 0.05) is 30.7 Å². The third-order valence-electron chi connectivity index (χ3n) is 3.43. The number of nitrogens with two attached hydrogens (primary N) is 1. The largest absolute Gasteiger partial charge is 0.350 e. The van der Waals surface area contributed by atoms with Crippen LogP contribution in [0.1, 0.15) is 17.3 Å².